The Hall–Kier alpha value is -2.69. The Bertz CT molecular complexity index is 828. The second-order valence-electron chi connectivity index (χ2n) is 5.54. The first-order chi connectivity index (χ1) is 11.2. The van der Waals surface area contributed by atoms with Gasteiger partial charge in [0.1, 0.15) is 11.5 Å². The van der Waals surface area contributed by atoms with Gasteiger partial charge in [0.25, 0.3) is 0 Å². The molecule has 0 aliphatic carbocycles. The van der Waals surface area contributed by atoms with E-state index in [-0.39, 0.29) is 11.7 Å². The Morgan fingerprint density at radius 3 is 2.74 bits per heavy atom. The zero-order chi connectivity index (χ0) is 16.2. The minimum atomic E-state index is -0.329. The van der Waals surface area contributed by atoms with E-state index in [0.717, 1.165) is 10.9 Å². The second kappa shape index (κ2) is 6.60. The molecule has 23 heavy (non-hydrogen) atoms. The average Bonchev–Trinajstić information content (AvgIpc) is 2.93. The van der Waals surface area contributed by atoms with E-state index in [4.69, 9.17) is 10.1 Å². The molecule has 0 aliphatic rings. The molecular weight excluding hydrogens is 293 g/mol. The third-order valence-electron chi connectivity index (χ3n) is 3.66. The second-order valence-corrected chi connectivity index (χ2v) is 5.54. The van der Waals surface area contributed by atoms with Gasteiger partial charge in [-0.25, -0.2) is 9.07 Å². The third kappa shape index (κ3) is 3.08. The number of para-hydroxylation sites is 2. The molecule has 0 saturated heterocycles. The number of ether oxygens (including phenoxy) is 1. The summed E-state index contributed by atoms with van der Waals surface area (Å²) in [5.41, 5.74) is 1.19. The third-order valence-corrected chi connectivity index (χ3v) is 3.66. The van der Waals surface area contributed by atoms with Crippen LogP contribution in [0.2, 0.25) is 0 Å². The Labute approximate surface area is 134 Å². The average molecular weight is 311 g/mol. The number of benzene rings is 2. The maximum absolute atomic E-state index is 14.1. The van der Waals surface area contributed by atoms with Crippen molar-refractivity contribution in [3.05, 3.63) is 54.3 Å². The summed E-state index contributed by atoms with van der Waals surface area (Å²) >= 11 is 0. The molecule has 0 spiro atoms. The number of halogens is 1. The molecule has 2 aromatic carbocycles. The molecule has 0 amide bonds. The number of rotatable bonds is 6. The zero-order valence-corrected chi connectivity index (χ0v) is 12.9. The molecule has 3 aromatic rings. The molecule has 4 nitrogen and oxygen atoms in total. The summed E-state index contributed by atoms with van der Waals surface area (Å²) in [5, 5.41) is 12.4. The fourth-order valence-corrected chi connectivity index (χ4v) is 2.44. The molecule has 1 heterocycles. The van der Waals surface area contributed by atoms with Crippen LogP contribution >= 0.6 is 0 Å². The normalized spacial score (nSPS) is 12.3. The van der Waals surface area contributed by atoms with Gasteiger partial charge in [0.2, 0.25) is 5.88 Å². The molecule has 1 aromatic heterocycles. The molecular formula is C18H18FN3O. The fraction of sp³-hybridized carbons (Fsp3) is 0.222. The molecule has 118 valence electrons. The summed E-state index contributed by atoms with van der Waals surface area (Å²) in [6, 6.07) is 14.1. The van der Waals surface area contributed by atoms with Gasteiger partial charge in [-0.15, -0.1) is 5.10 Å². The minimum absolute atomic E-state index is 0.227. The van der Waals surface area contributed by atoms with Crippen LogP contribution in [0.4, 0.5) is 4.39 Å². The summed E-state index contributed by atoms with van der Waals surface area (Å²) < 4.78 is 21.5. The van der Waals surface area contributed by atoms with Gasteiger partial charge in [-0.3, -0.25) is 0 Å². The maximum atomic E-state index is 14.1. The summed E-state index contributed by atoms with van der Waals surface area (Å²) in [4.78, 5) is 0. The Balaban J connectivity index is 2.00. The van der Waals surface area contributed by atoms with E-state index in [1.54, 1.807) is 22.9 Å². The van der Waals surface area contributed by atoms with Crippen molar-refractivity contribution >= 4 is 17.1 Å². The Morgan fingerprint density at radius 2 is 1.96 bits per heavy atom. The molecule has 0 saturated carbocycles. The highest BCUT2D eigenvalue weighted by Gasteiger charge is 2.15. The van der Waals surface area contributed by atoms with Crippen LogP contribution in [0.15, 0.2) is 48.5 Å². The van der Waals surface area contributed by atoms with Gasteiger partial charge < -0.3 is 10.1 Å². The molecule has 3 rings (SSSR count). The first kappa shape index (κ1) is 15.2. The molecule has 0 radical (unpaired) electrons. The van der Waals surface area contributed by atoms with Crippen molar-refractivity contribution in [2.24, 2.45) is 5.92 Å². The Kier molecular flexibility index (Phi) is 4.37. The molecule has 1 N–H and O–H groups in total. The van der Waals surface area contributed by atoms with Crippen molar-refractivity contribution in [2.75, 3.05) is 6.61 Å². The van der Waals surface area contributed by atoms with E-state index in [1.807, 2.05) is 31.2 Å². The fourth-order valence-electron chi connectivity index (χ4n) is 2.44. The van der Waals surface area contributed by atoms with Crippen LogP contribution in [0, 0.1) is 17.1 Å². The summed E-state index contributed by atoms with van der Waals surface area (Å²) in [5.74, 6) is 0.384. The molecule has 0 aliphatic heterocycles. The van der Waals surface area contributed by atoms with Crippen molar-refractivity contribution in [2.45, 2.75) is 13.3 Å². The van der Waals surface area contributed by atoms with E-state index in [2.05, 4.69) is 5.10 Å². The van der Waals surface area contributed by atoms with Crippen LogP contribution in [-0.4, -0.2) is 22.6 Å². The van der Waals surface area contributed by atoms with Crippen molar-refractivity contribution < 1.29 is 9.13 Å². The highest BCUT2D eigenvalue weighted by atomic mass is 19.1. The van der Waals surface area contributed by atoms with Crippen molar-refractivity contribution in [1.29, 1.82) is 5.41 Å². The van der Waals surface area contributed by atoms with E-state index in [0.29, 0.717) is 24.6 Å². The van der Waals surface area contributed by atoms with Crippen molar-refractivity contribution in [3.8, 4) is 11.6 Å². The van der Waals surface area contributed by atoms with Gasteiger partial charge >= 0.3 is 0 Å². The van der Waals surface area contributed by atoms with Gasteiger partial charge in [0.15, 0.2) is 0 Å². The predicted octanol–water partition coefficient (Wildman–Crippen LogP) is 4.22. The van der Waals surface area contributed by atoms with Crippen LogP contribution in [0.25, 0.3) is 16.6 Å². The lowest BCUT2D eigenvalue weighted by atomic mass is 10.1. The largest absolute Gasteiger partial charge is 0.476 e. The molecule has 0 fully saturated rings. The lowest BCUT2D eigenvalue weighted by molar-refractivity contribution is 0.256. The molecule has 5 heteroatoms. The highest BCUT2D eigenvalue weighted by molar-refractivity contribution is 5.86. The first-order valence-corrected chi connectivity index (χ1v) is 7.55. The summed E-state index contributed by atoms with van der Waals surface area (Å²) in [6.07, 6.45) is 2.04. The van der Waals surface area contributed by atoms with Crippen LogP contribution in [0.5, 0.6) is 5.88 Å². The van der Waals surface area contributed by atoms with Crippen LogP contribution < -0.4 is 4.74 Å². The number of hydrogen-bond donors (Lipinski definition) is 1. The van der Waals surface area contributed by atoms with Gasteiger partial charge in [0.05, 0.1) is 17.5 Å². The van der Waals surface area contributed by atoms with Crippen LogP contribution in [0.1, 0.15) is 13.3 Å². The number of nitrogens with one attached hydrogen (secondary N) is 1. The summed E-state index contributed by atoms with van der Waals surface area (Å²) in [6.45, 7) is 2.48. The molecule has 1 atom stereocenters. The van der Waals surface area contributed by atoms with Crippen LogP contribution in [0.3, 0.4) is 0 Å². The SMILES string of the molecule is C[C@@H](CC=N)COc1nn(-c2ccccc2F)c2ccccc12. The van der Waals surface area contributed by atoms with E-state index in [1.165, 1.54) is 12.3 Å². The zero-order valence-electron chi connectivity index (χ0n) is 12.9. The predicted molar refractivity (Wildman–Crippen MR) is 89.1 cm³/mol. The maximum Gasteiger partial charge on any atom is 0.241 e. The number of nitrogens with zero attached hydrogens (tertiary/aromatic N) is 2. The lowest BCUT2D eigenvalue weighted by Crippen LogP contribution is -2.09. The summed E-state index contributed by atoms with van der Waals surface area (Å²) in [7, 11) is 0. The van der Waals surface area contributed by atoms with Gasteiger partial charge in [-0.1, -0.05) is 31.2 Å². The lowest BCUT2D eigenvalue weighted by Gasteiger charge is -2.08. The van der Waals surface area contributed by atoms with Gasteiger partial charge in [-0.2, -0.15) is 0 Å². The smallest absolute Gasteiger partial charge is 0.241 e. The highest BCUT2D eigenvalue weighted by Crippen LogP contribution is 2.28. The number of aromatic nitrogens is 2. The number of fused-ring (bicyclic) bond motifs is 1. The standard InChI is InChI=1S/C18H18FN3O/c1-13(10-11-20)12-23-18-14-6-2-4-8-16(14)22(21-18)17-9-5-3-7-15(17)19/h2-9,11,13,20H,10,12H2,1H3/t13-/m0/s1. The van der Waals surface area contributed by atoms with E-state index in [9.17, 15) is 4.39 Å². The molecule has 0 unspecified atom stereocenters. The van der Waals surface area contributed by atoms with Crippen LogP contribution in [-0.2, 0) is 0 Å². The van der Waals surface area contributed by atoms with E-state index < -0.39 is 0 Å². The van der Waals surface area contributed by atoms with Crippen molar-refractivity contribution in [1.82, 2.24) is 9.78 Å². The van der Waals surface area contributed by atoms with Gasteiger partial charge in [0, 0.05) is 0 Å². The minimum Gasteiger partial charge on any atom is -0.476 e. The quantitative estimate of drug-likeness (QED) is 0.693. The Morgan fingerprint density at radius 1 is 1.22 bits per heavy atom. The van der Waals surface area contributed by atoms with E-state index >= 15 is 0 Å². The first-order valence-electron chi connectivity index (χ1n) is 7.55. The molecule has 0 bridgehead atoms. The number of hydrogen-bond acceptors (Lipinski definition) is 3. The van der Waals surface area contributed by atoms with Gasteiger partial charge in [-0.05, 0) is 42.8 Å². The van der Waals surface area contributed by atoms with Crippen molar-refractivity contribution in [3.63, 3.8) is 0 Å². The monoisotopic (exact) mass is 311 g/mol. The topological polar surface area (TPSA) is 50.9 Å².